The Morgan fingerprint density at radius 1 is 1.24 bits per heavy atom. The first-order chi connectivity index (χ1) is 8.09. The van der Waals surface area contributed by atoms with Crippen molar-refractivity contribution in [3.8, 4) is 0 Å². The second kappa shape index (κ2) is 7.90. The first kappa shape index (κ1) is 14.7. The lowest BCUT2D eigenvalue weighted by molar-refractivity contribution is 0.191. The Balaban J connectivity index is 2.18. The molecule has 1 aromatic carbocycles. The molecule has 5 heteroatoms. The molecule has 0 amide bonds. The fraction of sp³-hybridized carbons (Fsp3) is 0.500. The van der Waals surface area contributed by atoms with Gasteiger partial charge in [-0.15, -0.1) is 0 Å². The number of halogens is 2. The first-order valence-electron chi connectivity index (χ1n) is 5.63. The Labute approximate surface area is 112 Å². The third-order valence-corrected chi connectivity index (χ3v) is 2.84. The van der Waals surface area contributed by atoms with Crippen molar-refractivity contribution in [1.29, 1.82) is 0 Å². The molecule has 3 nitrogen and oxygen atoms in total. The van der Waals surface area contributed by atoms with Crippen molar-refractivity contribution in [2.75, 3.05) is 19.6 Å². The highest BCUT2D eigenvalue weighted by molar-refractivity contribution is 6.35. The molecule has 0 saturated carbocycles. The zero-order valence-corrected chi connectivity index (χ0v) is 11.4. The van der Waals surface area contributed by atoms with Crippen molar-refractivity contribution in [3.63, 3.8) is 0 Å². The molecule has 0 radical (unpaired) electrons. The fourth-order valence-corrected chi connectivity index (χ4v) is 1.85. The average Bonchev–Trinajstić information content (AvgIpc) is 2.25. The van der Waals surface area contributed by atoms with Crippen molar-refractivity contribution >= 4 is 23.2 Å². The summed E-state index contributed by atoms with van der Waals surface area (Å²) in [5.74, 6) is 0. The van der Waals surface area contributed by atoms with E-state index in [0.717, 1.165) is 18.7 Å². The van der Waals surface area contributed by atoms with Gasteiger partial charge in [0.25, 0.3) is 0 Å². The lowest BCUT2D eigenvalue weighted by atomic mass is 10.2. The Kier molecular flexibility index (Phi) is 6.85. The zero-order chi connectivity index (χ0) is 12.7. The third kappa shape index (κ3) is 6.24. The molecule has 1 aromatic rings. The lowest BCUT2D eigenvalue weighted by Gasteiger charge is -2.09. The summed E-state index contributed by atoms with van der Waals surface area (Å²) in [6.07, 6.45) is -0.305. The maximum absolute atomic E-state index is 9.04. The summed E-state index contributed by atoms with van der Waals surface area (Å²) in [6, 6.07) is 5.49. The van der Waals surface area contributed by atoms with E-state index in [9.17, 15) is 0 Å². The minimum absolute atomic E-state index is 0.305. The number of nitrogens with one attached hydrogen (secondary N) is 2. The van der Waals surface area contributed by atoms with Gasteiger partial charge < -0.3 is 15.7 Å². The van der Waals surface area contributed by atoms with Gasteiger partial charge in [0.15, 0.2) is 0 Å². The summed E-state index contributed by atoms with van der Waals surface area (Å²) in [7, 11) is 0. The number of aliphatic hydroxyl groups is 1. The molecule has 0 fully saturated rings. The maximum Gasteiger partial charge on any atom is 0.0636 e. The Hall–Kier alpha value is -0.320. The minimum Gasteiger partial charge on any atom is -0.392 e. The fourth-order valence-electron chi connectivity index (χ4n) is 1.38. The van der Waals surface area contributed by atoms with E-state index < -0.39 is 0 Å². The SMILES string of the molecule is C[C@H](O)CNCCNCc1ccc(Cl)cc1Cl. The number of rotatable bonds is 7. The molecule has 0 heterocycles. The quantitative estimate of drug-likeness (QED) is 0.668. The predicted octanol–water partition coefficient (Wildman–Crippen LogP) is 2.05. The molecule has 1 atom stereocenters. The molecule has 3 N–H and O–H groups in total. The second-order valence-corrected chi connectivity index (χ2v) is 4.81. The second-order valence-electron chi connectivity index (χ2n) is 3.97. The van der Waals surface area contributed by atoms with Crippen molar-refractivity contribution in [1.82, 2.24) is 10.6 Å². The third-order valence-electron chi connectivity index (χ3n) is 2.25. The number of hydrogen-bond donors (Lipinski definition) is 3. The summed E-state index contributed by atoms with van der Waals surface area (Å²) in [5, 5.41) is 16.8. The van der Waals surface area contributed by atoms with Crippen LogP contribution in [0.2, 0.25) is 10.0 Å². The summed E-state index contributed by atoms with van der Waals surface area (Å²) >= 11 is 11.8. The molecule has 0 aliphatic carbocycles. The van der Waals surface area contributed by atoms with Crippen LogP contribution in [0, 0.1) is 0 Å². The van der Waals surface area contributed by atoms with Crippen LogP contribution in [0.1, 0.15) is 12.5 Å². The summed E-state index contributed by atoms with van der Waals surface area (Å²) in [4.78, 5) is 0. The Morgan fingerprint density at radius 3 is 2.59 bits per heavy atom. The van der Waals surface area contributed by atoms with Crippen LogP contribution >= 0.6 is 23.2 Å². The Morgan fingerprint density at radius 2 is 1.94 bits per heavy atom. The van der Waals surface area contributed by atoms with E-state index in [1.54, 1.807) is 13.0 Å². The van der Waals surface area contributed by atoms with Crippen LogP contribution in [-0.2, 0) is 6.54 Å². The molecule has 96 valence electrons. The van der Waals surface area contributed by atoms with Crippen LogP contribution in [0.25, 0.3) is 0 Å². The van der Waals surface area contributed by atoms with Crippen LogP contribution in [0.3, 0.4) is 0 Å². The molecule has 17 heavy (non-hydrogen) atoms. The van der Waals surface area contributed by atoms with E-state index in [1.165, 1.54) is 0 Å². The average molecular weight is 277 g/mol. The normalized spacial score (nSPS) is 12.7. The van der Waals surface area contributed by atoms with Crippen LogP contribution in [-0.4, -0.2) is 30.8 Å². The van der Waals surface area contributed by atoms with Crippen molar-refractivity contribution in [2.24, 2.45) is 0 Å². The van der Waals surface area contributed by atoms with Gasteiger partial charge in [0.2, 0.25) is 0 Å². The molecule has 0 saturated heterocycles. The molecule has 0 bridgehead atoms. The first-order valence-corrected chi connectivity index (χ1v) is 6.38. The van der Waals surface area contributed by atoms with Crippen LogP contribution < -0.4 is 10.6 Å². The van der Waals surface area contributed by atoms with Gasteiger partial charge in [0, 0.05) is 36.2 Å². The summed E-state index contributed by atoms with van der Waals surface area (Å²) in [5.41, 5.74) is 1.03. The topological polar surface area (TPSA) is 44.3 Å². The van der Waals surface area contributed by atoms with Gasteiger partial charge in [-0.3, -0.25) is 0 Å². The number of aliphatic hydroxyl groups excluding tert-OH is 1. The molecule has 0 aliphatic rings. The monoisotopic (exact) mass is 276 g/mol. The smallest absolute Gasteiger partial charge is 0.0636 e. The predicted molar refractivity (Wildman–Crippen MR) is 72.7 cm³/mol. The van der Waals surface area contributed by atoms with E-state index >= 15 is 0 Å². The zero-order valence-electron chi connectivity index (χ0n) is 9.84. The lowest BCUT2D eigenvalue weighted by Crippen LogP contribution is -2.31. The van der Waals surface area contributed by atoms with Gasteiger partial charge in [-0.2, -0.15) is 0 Å². The van der Waals surface area contributed by atoms with Crippen LogP contribution in [0.15, 0.2) is 18.2 Å². The van der Waals surface area contributed by atoms with Crippen molar-refractivity contribution in [3.05, 3.63) is 33.8 Å². The van der Waals surface area contributed by atoms with E-state index in [4.69, 9.17) is 28.3 Å². The van der Waals surface area contributed by atoms with Gasteiger partial charge in [0.1, 0.15) is 0 Å². The molecule has 0 unspecified atom stereocenters. The summed E-state index contributed by atoms with van der Waals surface area (Å²) in [6.45, 7) is 4.73. The minimum atomic E-state index is -0.305. The maximum atomic E-state index is 9.04. The molecular formula is C12H18Cl2N2O. The van der Waals surface area contributed by atoms with Gasteiger partial charge in [-0.05, 0) is 24.6 Å². The van der Waals surface area contributed by atoms with E-state index in [0.29, 0.717) is 23.1 Å². The molecule has 0 aliphatic heterocycles. The Bertz CT molecular complexity index is 345. The van der Waals surface area contributed by atoms with Crippen molar-refractivity contribution < 1.29 is 5.11 Å². The highest BCUT2D eigenvalue weighted by Gasteiger charge is 2.00. The highest BCUT2D eigenvalue weighted by Crippen LogP contribution is 2.20. The van der Waals surface area contributed by atoms with Gasteiger partial charge in [0.05, 0.1) is 6.10 Å². The molecular weight excluding hydrogens is 259 g/mol. The number of hydrogen-bond acceptors (Lipinski definition) is 3. The molecule has 1 rings (SSSR count). The van der Waals surface area contributed by atoms with E-state index in [1.807, 2.05) is 12.1 Å². The van der Waals surface area contributed by atoms with Gasteiger partial charge in [-0.1, -0.05) is 29.3 Å². The molecule has 0 aromatic heterocycles. The standard InChI is InChI=1S/C12H18Cl2N2O/c1-9(17)7-15-4-5-16-8-10-2-3-11(13)6-12(10)14/h2-3,6,9,15-17H,4-5,7-8H2,1H3/t9-/m0/s1. The number of benzene rings is 1. The van der Waals surface area contributed by atoms with Gasteiger partial charge >= 0.3 is 0 Å². The van der Waals surface area contributed by atoms with Crippen LogP contribution in [0.5, 0.6) is 0 Å². The van der Waals surface area contributed by atoms with Crippen molar-refractivity contribution in [2.45, 2.75) is 19.6 Å². The van der Waals surface area contributed by atoms with Crippen LogP contribution in [0.4, 0.5) is 0 Å². The summed E-state index contributed by atoms with van der Waals surface area (Å²) < 4.78 is 0. The van der Waals surface area contributed by atoms with Gasteiger partial charge in [-0.25, -0.2) is 0 Å². The molecule has 0 spiro atoms. The van der Waals surface area contributed by atoms with E-state index in [2.05, 4.69) is 10.6 Å². The largest absolute Gasteiger partial charge is 0.392 e. The highest BCUT2D eigenvalue weighted by atomic mass is 35.5. The van der Waals surface area contributed by atoms with E-state index in [-0.39, 0.29) is 6.10 Å².